The van der Waals surface area contributed by atoms with Crippen LogP contribution in [0.2, 0.25) is 0 Å². The standard InChI is InChI=1S/C8H16N2O3/c1-8(2,7(12)13)10(4)6(11)5-9-3/h9H,5H2,1-4H3,(H,12,13). The zero-order valence-corrected chi connectivity index (χ0v) is 8.42. The normalized spacial score (nSPS) is 11.1. The number of carbonyl (C=O) groups is 2. The highest BCUT2D eigenvalue weighted by atomic mass is 16.4. The second-order valence-corrected chi connectivity index (χ2v) is 3.35. The summed E-state index contributed by atoms with van der Waals surface area (Å²) in [4.78, 5) is 23.3. The van der Waals surface area contributed by atoms with Crippen LogP contribution in [-0.4, -0.2) is 48.1 Å². The van der Waals surface area contributed by atoms with E-state index in [1.165, 1.54) is 25.8 Å². The topological polar surface area (TPSA) is 69.6 Å². The molecule has 5 nitrogen and oxygen atoms in total. The van der Waals surface area contributed by atoms with Crippen molar-refractivity contribution in [3.63, 3.8) is 0 Å². The van der Waals surface area contributed by atoms with E-state index in [4.69, 9.17) is 5.11 Å². The maximum Gasteiger partial charge on any atom is 0.329 e. The van der Waals surface area contributed by atoms with E-state index in [0.29, 0.717) is 0 Å². The average molecular weight is 188 g/mol. The summed E-state index contributed by atoms with van der Waals surface area (Å²) >= 11 is 0. The van der Waals surface area contributed by atoms with E-state index in [1.807, 2.05) is 0 Å². The molecule has 76 valence electrons. The summed E-state index contributed by atoms with van der Waals surface area (Å²) in [6.45, 7) is 3.12. The van der Waals surface area contributed by atoms with Crippen LogP contribution in [0, 0.1) is 0 Å². The lowest BCUT2D eigenvalue weighted by Gasteiger charge is -2.31. The predicted molar refractivity (Wildman–Crippen MR) is 48.4 cm³/mol. The van der Waals surface area contributed by atoms with Crippen LogP contribution >= 0.6 is 0 Å². The van der Waals surface area contributed by atoms with Crippen molar-refractivity contribution >= 4 is 11.9 Å². The van der Waals surface area contributed by atoms with Crippen LogP contribution in [0.1, 0.15) is 13.8 Å². The minimum atomic E-state index is -1.16. The molecule has 0 aliphatic heterocycles. The summed E-state index contributed by atoms with van der Waals surface area (Å²) in [5.41, 5.74) is -1.16. The molecule has 0 atom stereocenters. The molecule has 0 unspecified atom stereocenters. The van der Waals surface area contributed by atoms with Gasteiger partial charge in [-0.1, -0.05) is 0 Å². The van der Waals surface area contributed by atoms with Crippen LogP contribution in [-0.2, 0) is 9.59 Å². The number of nitrogens with zero attached hydrogens (tertiary/aromatic N) is 1. The highest BCUT2D eigenvalue weighted by Gasteiger charge is 2.34. The zero-order chi connectivity index (χ0) is 10.6. The first kappa shape index (κ1) is 11.9. The van der Waals surface area contributed by atoms with Crippen molar-refractivity contribution < 1.29 is 14.7 Å². The third kappa shape index (κ3) is 2.69. The molecule has 0 fully saturated rings. The van der Waals surface area contributed by atoms with Gasteiger partial charge in [0.25, 0.3) is 0 Å². The number of likely N-dealkylation sites (N-methyl/N-ethyl adjacent to an activating group) is 2. The monoisotopic (exact) mass is 188 g/mol. The van der Waals surface area contributed by atoms with Gasteiger partial charge in [-0.05, 0) is 20.9 Å². The fraction of sp³-hybridized carbons (Fsp3) is 0.750. The number of carboxylic acid groups (broad SMARTS) is 1. The van der Waals surface area contributed by atoms with E-state index in [0.717, 1.165) is 0 Å². The molecule has 0 aromatic heterocycles. The van der Waals surface area contributed by atoms with Gasteiger partial charge in [0.2, 0.25) is 5.91 Å². The molecular formula is C8H16N2O3. The van der Waals surface area contributed by atoms with Crippen LogP contribution < -0.4 is 5.32 Å². The largest absolute Gasteiger partial charge is 0.480 e. The molecule has 0 aliphatic carbocycles. The molecular weight excluding hydrogens is 172 g/mol. The first-order valence-corrected chi connectivity index (χ1v) is 3.98. The van der Waals surface area contributed by atoms with Gasteiger partial charge in [0.15, 0.2) is 0 Å². The van der Waals surface area contributed by atoms with Crippen molar-refractivity contribution in [2.45, 2.75) is 19.4 Å². The molecule has 0 bridgehead atoms. The van der Waals surface area contributed by atoms with Gasteiger partial charge in [0.05, 0.1) is 6.54 Å². The van der Waals surface area contributed by atoms with Crippen LogP contribution in [0.5, 0.6) is 0 Å². The summed E-state index contributed by atoms with van der Waals surface area (Å²) < 4.78 is 0. The summed E-state index contributed by atoms with van der Waals surface area (Å²) in [5.74, 6) is -1.26. The van der Waals surface area contributed by atoms with E-state index in [9.17, 15) is 9.59 Å². The number of carboxylic acids is 1. The highest BCUT2D eigenvalue weighted by Crippen LogP contribution is 2.11. The van der Waals surface area contributed by atoms with Gasteiger partial charge in [-0.3, -0.25) is 4.79 Å². The fourth-order valence-electron chi connectivity index (χ4n) is 0.725. The van der Waals surface area contributed by atoms with Gasteiger partial charge in [-0.25, -0.2) is 4.79 Å². The Bertz CT molecular complexity index is 213. The van der Waals surface area contributed by atoms with Crippen LogP contribution in [0.15, 0.2) is 0 Å². The Hall–Kier alpha value is -1.10. The maximum atomic E-state index is 11.3. The zero-order valence-electron chi connectivity index (χ0n) is 8.42. The molecule has 2 N–H and O–H groups in total. The number of hydrogen-bond acceptors (Lipinski definition) is 3. The Morgan fingerprint density at radius 2 is 1.92 bits per heavy atom. The van der Waals surface area contributed by atoms with Gasteiger partial charge in [0, 0.05) is 7.05 Å². The van der Waals surface area contributed by atoms with Crippen molar-refractivity contribution in [2.75, 3.05) is 20.6 Å². The second kappa shape index (κ2) is 4.23. The summed E-state index contributed by atoms with van der Waals surface area (Å²) in [7, 11) is 3.12. The first-order chi connectivity index (χ1) is 5.84. The molecule has 0 saturated carbocycles. The molecule has 0 rings (SSSR count). The molecule has 0 spiro atoms. The van der Waals surface area contributed by atoms with E-state index in [-0.39, 0.29) is 12.5 Å². The number of nitrogens with one attached hydrogen (secondary N) is 1. The van der Waals surface area contributed by atoms with Crippen molar-refractivity contribution in [2.24, 2.45) is 0 Å². The lowest BCUT2D eigenvalue weighted by atomic mass is 10.0. The quantitative estimate of drug-likeness (QED) is 0.625. The highest BCUT2D eigenvalue weighted by molar-refractivity contribution is 5.87. The van der Waals surface area contributed by atoms with Crippen molar-refractivity contribution in [1.29, 1.82) is 0 Å². The van der Waals surface area contributed by atoms with Gasteiger partial charge in [-0.15, -0.1) is 0 Å². The molecule has 0 aliphatic rings. The fourth-order valence-corrected chi connectivity index (χ4v) is 0.725. The lowest BCUT2D eigenvalue weighted by Crippen LogP contribution is -2.52. The Morgan fingerprint density at radius 3 is 2.23 bits per heavy atom. The number of carbonyl (C=O) groups excluding carboxylic acids is 1. The van der Waals surface area contributed by atoms with E-state index in [1.54, 1.807) is 7.05 Å². The Labute approximate surface area is 77.7 Å². The average Bonchev–Trinajstić information content (AvgIpc) is 2.03. The minimum Gasteiger partial charge on any atom is -0.480 e. The molecule has 0 heterocycles. The smallest absolute Gasteiger partial charge is 0.329 e. The Kier molecular flexibility index (Phi) is 3.87. The van der Waals surface area contributed by atoms with Gasteiger partial charge < -0.3 is 15.3 Å². The molecule has 0 saturated heterocycles. The second-order valence-electron chi connectivity index (χ2n) is 3.35. The molecule has 0 aromatic rings. The Morgan fingerprint density at radius 1 is 1.46 bits per heavy atom. The summed E-state index contributed by atoms with van der Waals surface area (Å²) in [5, 5.41) is 11.5. The number of amides is 1. The third-order valence-corrected chi connectivity index (χ3v) is 2.06. The van der Waals surface area contributed by atoms with E-state index < -0.39 is 11.5 Å². The minimum absolute atomic E-state index is 0.146. The van der Waals surface area contributed by atoms with Crippen molar-refractivity contribution in [1.82, 2.24) is 10.2 Å². The van der Waals surface area contributed by atoms with Crippen LogP contribution in [0.3, 0.4) is 0 Å². The molecule has 13 heavy (non-hydrogen) atoms. The van der Waals surface area contributed by atoms with Gasteiger partial charge in [0.1, 0.15) is 5.54 Å². The first-order valence-electron chi connectivity index (χ1n) is 3.98. The molecule has 0 radical (unpaired) electrons. The molecule has 5 heteroatoms. The number of rotatable bonds is 4. The van der Waals surface area contributed by atoms with Gasteiger partial charge in [-0.2, -0.15) is 0 Å². The SMILES string of the molecule is CNCC(=O)N(C)C(C)(C)C(=O)O. The van der Waals surface area contributed by atoms with E-state index in [2.05, 4.69) is 5.32 Å². The Balaban J connectivity index is 4.48. The van der Waals surface area contributed by atoms with Gasteiger partial charge >= 0.3 is 5.97 Å². The predicted octanol–water partition coefficient (Wildman–Crippen LogP) is -0.473. The molecule has 0 aromatic carbocycles. The number of hydrogen-bond donors (Lipinski definition) is 2. The summed E-state index contributed by atoms with van der Waals surface area (Å²) in [6.07, 6.45) is 0. The third-order valence-electron chi connectivity index (χ3n) is 2.06. The van der Waals surface area contributed by atoms with E-state index >= 15 is 0 Å². The van der Waals surface area contributed by atoms with Crippen molar-refractivity contribution in [3.8, 4) is 0 Å². The number of aliphatic carboxylic acids is 1. The maximum absolute atomic E-state index is 11.3. The molecule has 1 amide bonds. The van der Waals surface area contributed by atoms with Crippen LogP contribution in [0.4, 0.5) is 0 Å². The lowest BCUT2D eigenvalue weighted by molar-refractivity contribution is -0.154. The summed E-state index contributed by atoms with van der Waals surface area (Å²) in [6, 6.07) is 0. The van der Waals surface area contributed by atoms with Crippen LogP contribution in [0.25, 0.3) is 0 Å². The van der Waals surface area contributed by atoms with Crippen molar-refractivity contribution in [3.05, 3.63) is 0 Å².